The molecular weight excluding hydrogens is 186 g/mol. The molecule has 1 atom stereocenters. The molecule has 1 rings (SSSR count). The molecule has 0 aliphatic carbocycles. The molecule has 0 spiro atoms. The first-order valence-corrected chi connectivity index (χ1v) is 5.43. The molecular formula is C13H19NO. The second-order valence-electron chi connectivity index (χ2n) is 4.08. The zero-order chi connectivity index (χ0) is 11.4. The van der Waals surface area contributed by atoms with E-state index < -0.39 is 0 Å². The Bertz CT molecular complexity index is 358. The highest BCUT2D eigenvalue weighted by Gasteiger charge is 2.16. The molecule has 0 aromatic heterocycles. The smallest absolute Gasteiger partial charge is 0.179 e. The first kappa shape index (κ1) is 11.9. The molecule has 0 heterocycles. The molecule has 0 bridgehead atoms. The van der Waals surface area contributed by atoms with Crippen molar-refractivity contribution < 1.29 is 4.79 Å². The van der Waals surface area contributed by atoms with Crippen molar-refractivity contribution >= 4 is 5.78 Å². The minimum Gasteiger partial charge on any atom is -0.321 e. The Labute approximate surface area is 91.5 Å². The molecule has 2 heteroatoms. The summed E-state index contributed by atoms with van der Waals surface area (Å²) in [5.41, 5.74) is 8.78. The van der Waals surface area contributed by atoms with Crippen LogP contribution in [-0.2, 0) is 0 Å². The molecule has 0 saturated heterocycles. The zero-order valence-corrected chi connectivity index (χ0v) is 9.71. The Balaban J connectivity index is 2.91. The van der Waals surface area contributed by atoms with E-state index in [-0.39, 0.29) is 11.8 Å². The average molecular weight is 205 g/mol. The minimum atomic E-state index is -0.351. The highest BCUT2D eigenvalue weighted by atomic mass is 16.1. The maximum absolute atomic E-state index is 11.9. The van der Waals surface area contributed by atoms with Crippen molar-refractivity contribution in [1.82, 2.24) is 0 Å². The molecule has 1 aromatic rings. The van der Waals surface area contributed by atoms with Crippen molar-refractivity contribution in [3.05, 3.63) is 34.9 Å². The van der Waals surface area contributed by atoms with Crippen LogP contribution in [0.5, 0.6) is 0 Å². The normalized spacial score (nSPS) is 12.5. The van der Waals surface area contributed by atoms with Crippen molar-refractivity contribution in [3.8, 4) is 0 Å². The monoisotopic (exact) mass is 205 g/mol. The molecule has 2 N–H and O–H groups in total. The number of hydrogen-bond acceptors (Lipinski definition) is 2. The van der Waals surface area contributed by atoms with Gasteiger partial charge in [0, 0.05) is 5.56 Å². The number of rotatable bonds is 4. The molecule has 0 fully saturated rings. The average Bonchev–Trinajstić information content (AvgIpc) is 2.17. The van der Waals surface area contributed by atoms with Gasteiger partial charge in [-0.05, 0) is 25.8 Å². The summed E-state index contributed by atoms with van der Waals surface area (Å²) in [6.45, 7) is 6.02. The summed E-state index contributed by atoms with van der Waals surface area (Å²) in [6.07, 6.45) is 1.70. The fourth-order valence-electron chi connectivity index (χ4n) is 1.73. The number of nitrogens with two attached hydrogens (primary N) is 1. The van der Waals surface area contributed by atoms with Crippen LogP contribution in [0.4, 0.5) is 0 Å². The van der Waals surface area contributed by atoms with E-state index in [1.165, 1.54) is 5.56 Å². The Hall–Kier alpha value is -1.15. The highest BCUT2D eigenvalue weighted by molar-refractivity contribution is 6.01. The van der Waals surface area contributed by atoms with Gasteiger partial charge in [-0.25, -0.2) is 0 Å². The standard InChI is InChI=1S/C13H19NO/c1-4-5-12(14)13(15)11-7-6-9(2)8-10(11)3/h6-8,12H,4-5,14H2,1-3H3. The maximum Gasteiger partial charge on any atom is 0.179 e. The predicted octanol–water partition coefficient (Wildman–Crippen LogP) is 2.61. The third kappa shape index (κ3) is 2.90. The molecule has 2 nitrogen and oxygen atoms in total. The van der Waals surface area contributed by atoms with E-state index in [9.17, 15) is 4.79 Å². The molecule has 0 radical (unpaired) electrons. The van der Waals surface area contributed by atoms with Crippen LogP contribution in [0.2, 0.25) is 0 Å². The van der Waals surface area contributed by atoms with Gasteiger partial charge in [0.05, 0.1) is 6.04 Å². The van der Waals surface area contributed by atoms with E-state index >= 15 is 0 Å². The van der Waals surface area contributed by atoms with Gasteiger partial charge in [0.1, 0.15) is 0 Å². The number of benzene rings is 1. The van der Waals surface area contributed by atoms with E-state index in [0.29, 0.717) is 0 Å². The Morgan fingerprint density at radius 2 is 2.07 bits per heavy atom. The quantitative estimate of drug-likeness (QED) is 0.768. The summed E-state index contributed by atoms with van der Waals surface area (Å²) >= 11 is 0. The van der Waals surface area contributed by atoms with Gasteiger partial charge in [-0.3, -0.25) is 4.79 Å². The van der Waals surface area contributed by atoms with Crippen molar-refractivity contribution in [3.63, 3.8) is 0 Å². The summed E-state index contributed by atoms with van der Waals surface area (Å²) < 4.78 is 0. The van der Waals surface area contributed by atoms with Crippen molar-refractivity contribution in [1.29, 1.82) is 0 Å². The predicted molar refractivity (Wildman–Crippen MR) is 63.1 cm³/mol. The summed E-state index contributed by atoms with van der Waals surface area (Å²) in [5.74, 6) is 0.0642. The lowest BCUT2D eigenvalue weighted by Gasteiger charge is -2.11. The molecule has 0 aliphatic heterocycles. The minimum absolute atomic E-state index is 0.0642. The topological polar surface area (TPSA) is 43.1 Å². The number of aryl methyl sites for hydroxylation is 2. The van der Waals surface area contributed by atoms with Gasteiger partial charge in [0.2, 0.25) is 0 Å². The number of carbonyl (C=O) groups excluding carboxylic acids is 1. The van der Waals surface area contributed by atoms with Crippen LogP contribution in [-0.4, -0.2) is 11.8 Å². The van der Waals surface area contributed by atoms with Crippen LogP contribution in [0.15, 0.2) is 18.2 Å². The number of Topliss-reactive ketones (excluding diaryl/α,β-unsaturated/α-hetero) is 1. The first-order valence-electron chi connectivity index (χ1n) is 5.43. The number of ketones is 1. The lowest BCUT2D eigenvalue weighted by atomic mass is 9.96. The van der Waals surface area contributed by atoms with Gasteiger partial charge in [0.15, 0.2) is 5.78 Å². The Kier molecular flexibility index (Phi) is 4.04. The molecule has 1 aromatic carbocycles. The van der Waals surface area contributed by atoms with Gasteiger partial charge >= 0.3 is 0 Å². The fourth-order valence-corrected chi connectivity index (χ4v) is 1.73. The van der Waals surface area contributed by atoms with Crippen molar-refractivity contribution in [2.75, 3.05) is 0 Å². The van der Waals surface area contributed by atoms with E-state index in [2.05, 4.69) is 0 Å². The van der Waals surface area contributed by atoms with Gasteiger partial charge in [-0.15, -0.1) is 0 Å². The first-order chi connectivity index (χ1) is 7.06. The van der Waals surface area contributed by atoms with E-state index in [1.54, 1.807) is 0 Å². The largest absolute Gasteiger partial charge is 0.321 e. The van der Waals surface area contributed by atoms with Crippen LogP contribution in [0.3, 0.4) is 0 Å². The van der Waals surface area contributed by atoms with Gasteiger partial charge in [-0.2, -0.15) is 0 Å². The zero-order valence-electron chi connectivity index (χ0n) is 9.71. The van der Waals surface area contributed by atoms with Crippen LogP contribution >= 0.6 is 0 Å². The van der Waals surface area contributed by atoms with Gasteiger partial charge in [-0.1, -0.05) is 37.1 Å². The van der Waals surface area contributed by atoms with Crippen molar-refractivity contribution in [2.45, 2.75) is 39.7 Å². The maximum atomic E-state index is 11.9. The van der Waals surface area contributed by atoms with Crippen LogP contribution in [0.1, 0.15) is 41.3 Å². The highest BCUT2D eigenvalue weighted by Crippen LogP contribution is 2.13. The third-order valence-corrected chi connectivity index (χ3v) is 2.58. The summed E-state index contributed by atoms with van der Waals surface area (Å²) in [7, 11) is 0. The number of hydrogen-bond donors (Lipinski definition) is 1. The molecule has 82 valence electrons. The molecule has 15 heavy (non-hydrogen) atoms. The van der Waals surface area contributed by atoms with Crippen LogP contribution in [0, 0.1) is 13.8 Å². The van der Waals surface area contributed by atoms with Gasteiger partial charge < -0.3 is 5.73 Å². The summed E-state index contributed by atoms with van der Waals surface area (Å²) in [6, 6.07) is 5.50. The number of carbonyl (C=O) groups is 1. The molecule has 0 amide bonds. The summed E-state index contributed by atoms with van der Waals surface area (Å²) in [5, 5.41) is 0. The third-order valence-electron chi connectivity index (χ3n) is 2.58. The molecule has 1 unspecified atom stereocenters. The lowest BCUT2D eigenvalue weighted by molar-refractivity contribution is 0.0956. The molecule has 0 saturated carbocycles. The Morgan fingerprint density at radius 1 is 1.40 bits per heavy atom. The van der Waals surface area contributed by atoms with E-state index in [4.69, 9.17) is 5.73 Å². The second kappa shape index (κ2) is 5.08. The van der Waals surface area contributed by atoms with E-state index in [1.807, 2.05) is 39.0 Å². The van der Waals surface area contributed by atoms with E-state index in [0.717, 1.165) is 24.0 Å². The van der Waals surface area contributed by atoms with Crippen molar-refractivity contribution in [2.24, 2.45) is 5.73 Å². The fraction of sp³-hybridized carbons (Fsp3) is 0.462. The lowest BCUT2D eigenvalue weighted by Crippen LogP contribution is -2.30. The van der Waals surface area contributed by atoms with Crippen LogP contribution in [0.25, 0.3) is 0 Å². The Morgan fingerprint density at radius 3 is 2.60 bits per heavy atom. The summed E-state index contributed by atoms with van der Waals surface area (Å²) in [4.78, 5) is 11.9. The van der Waals surface area contributed by atoms with Crippen LogP contribution < -0.4 is 5.73 Å². The van der Waals surface area contributed by atoms with Gasteiger partial charge in [0.25, 0.3) is 0 Å². The molecule has 0 aliphatic rings. The second-order valence-corrected chi connectivity index (χ2v) is 4.08. The SMILES string of the molecule is CCCC(N)C(=O)c1ccc(C)cc1C.